The van der Waals surface area contributed by atoms with E-state index in [0.29, 0.717) is 59.9 Å². The van der Waals surface area contributed by atoms with E-state index in [4.69, 9.17) is 9.47 Å². The van der Waals surface area contributed by atoms with Crippen molar-refractivity contribution in [2.24, 2.45) is 0 Å². The molecule has 1 aliphatic rings. The van der Waals surface area contributed by atoms with Gasteiger partial charge in [0.25, 0.3) is 11.8 Å². The molecule has 1 saturated heterocycles. The highest BCUT2D eigenvalue weighted by Gasteiger charge is 2.26. The molecule has 0 aromatic heterocycles. The third kappa shape index (κ3) is 4.92. The van der Waals surface area contributed by atoms with E-state index < -0.39 is 0 Å². The first kappa shape index (κ1) is 22.1. The molecule has 1 fully saturated rings. The standard InChI is InChI=1S/C22H24BrFN2O4/c1-3-12-30-20-18(23)13-16(14-19(20)29-2)22(28)26-10-8-25(9-11-26)21(27)15-4-6-17(24)7-5-15/h4-7,13-14H,3,8-12H2,1-2H3. The predicted octanol–water partition coefficient (Wildman–Crippen LogP) is 3.98. The maximum absolute atomic E-state index is 13.1. The van der Waals surface area contributed by atoms with Crippen molar-refractivity contribution in [3.8, 4) is 11.5 Å². The summed E-state index contributed by atoms with van der Waals surface area (Å²) in [5.41, 5.74) is 0.924. The molecule has 8 heteroatoms. The molecule has 0 bridgehead atoms. The highest BCUT2D eigenvalue weighted by atomic mass is 79.9. The van der Waals surface area contributed by atoms with Gasteiger partial charge in [0.1, 0.15) is 5.82 Å². The van der Waals surface area contributed by atoms with Crippen LogP contribution in [0.4, 0.5) is 4.39 Å². The van der Waals surface area contributed by atoms with Gasteiger partial charge in [0, 0.05) is 37.3 Å². The zero-order valence-electron chi connectivity index (χ0n) is 17.0. The molecule has 1 aliphatic heterocycles. The number of nitrogens with zero attached hydrogens (tertiary/aromatic N) is 2. The van der Waals surface area contributed by atoms with Gasteiger partial charge in [-0.25, -0.2) is 4.39 Å². The van der Waals surface area contributed by atoms with E-state index in [0.717, 1.165) is 6.42 Å². The number of ether oxygens (including phenoxy) is 2. The second-order valence-electron chi connectivity index (χ2n) is 6.93. The average molecular weight is 479 g/mol. The molecule has 0 unspecified atom stereocenters. The highest BCUT2D eigenvalue weighted by molar-refractivity contribution is 9.10. The molecule has 2 aromatic carbocycles. The molecular weight excluding hydrogens is 455 g/mol. The van der Waals surface area contributed by atoms with Crippen LogP contribution in [0.5, 0.6) is 11.5 Å². The Morgan fingerprint density at radius 2 is 1.57 bits per heavy atom. The van der Waals surface area contributed by atoms with Crippen LogP contribution in [0.1, 0.15) is 34.1 Å². The van der Waals surface area contributed by atoms with Crippen LogP contribution >= 0.6 is 15.9 Å². The number of hydrogen-bond acceptors (Lipinski definition) is 4. The molecule has 0 saturated carbocycles. The van der Waals surface area contributed by atoms with E-state index in [1.807, 2.05) is 6.92 Å². The summed E-state index contributed by atoms with van der Waals surface area (Å²) in [6.45, 7) is 4.22. The van der Waals surface area contributed by atoms with Gasteiger partial charge in [-0.2, -0.15) is 0 Å². The molecule has 160 valence electrons. The number of carbonyl (C=O) groups is 2. The zero-order valence-corrected chi connectivity index (χ0v) is 18.6. The Morgan fingerprint density at radius 1 is 1.00 bits per heavy atom. The fourth-order valence-electron chi connectivity index (χ4n) is 3.26. The van der Waals surface area contributed by atoms with E-state index in [2.05, 4.69) is 15.9 Å². The summed E-state index contributed by atoms with van der Waals surface area (Å²) < 4.78 is 24.8. The normalized spacial score (nSPS) is 13.9. The number of rotatable bonds is 6. The van der Waals surface area contributed by atoms with Crippen LogP contribution in [0.3, 0.4) is 0 Å². The zero-order chi connectivity index (χ0) is 21.7. The molecule has 6 nitrogen and oxygen atoms in total. The van der Waals surface area contributed by atoms with Crippen molar-refractivity contribution >= 4 is 27.7 Å². The molecule has 0 N–H and O–H groups in total. The second kappa shape index (κ2) is 9.93. The lowest BCUT2D eigenvalue weighted by atomic mass is 10.1. The summed E-state index contributed by atoms with van der Waals surface area (Å²) in [4.78, 5) is 29.0. The number of piperazine rings is 1. The first-order valence-corrected chi connectivity index (χ1v) is 10.6. The minimum atomic E-state index is -0.380. The van der Waals surface area contributed by atoms with Gasteiger partial charge < -0.3 is 19.3 Å². The molecule has 0 aliphatic carbocycles. The fourth-order valence-corrected chi connectivity index (χ4v) is 3.81. The van der Waals surface area contributed by atoms with E-state index >= 15 is 0 Å². The van der Waals surface area contributed by atoms with Crippen LogP contribution in [0.15, 0.2) is 40.9 Å². The lowest BCUT2D eigenvalue weighted by Gasteiger charge is -2.35. The van der Waals surface area contributed by atoms with Crippen LogP contribution in [0, 0.1) is 5.82 Å². The van der Waals surface area contributed by atoms with Gasteiger partial charge in [0.15, 0.2) is 11.5 Å². The number of amides is 2. The van der Waals surface area contributed by atoms with Crippen molar-refractivity contribution in [3.63, 3.8) is 0 Å². The fraction of sp³-hybridized carbons (Fsp3) is 0.364. The number of benzene rings is 2. The predicted molar refractivity (Wildman–Crippen MR) is 115 cm³/mol. The van der Waals surface area contributed by atoms with Gasteiger partial charge in [-0.15, -0.1) is 0 Å². The van der Waals surface area contributed by atoms with Gasteiger partial charge in [0.05, 0.1) is 18.2 Å². The molecule has 0 spiro atoms. The Labute approximate surface area is 183 Å². The van der Waals surface area contributed by atoms with E-state index in [9.17, 15) is 14.0 Å². The van der Waals surface area contributed by atoms with Crippen molar-refractivity contribution < 1.29 is 23.5 Å². The molecule has 2 amide bonds. The van der Waals surface area contributed by atoms with Crippen molar-refractivity contribution in [3.05, 3.63) is 57.8 Å². The SMILES string of the molecule is CCCOc1c(Br)cc(C(=O)N2CCN(C(=O)c3ccc(F)cc3)CC2)cc1OC. The molecule has 30 heavy (non-hydrogen) atoms. The van der Waals surface area contributed by atoms with Crippen molar-refractivity contribution in [1.82, 2.24) is 9.80 Å². The minimum Gasteiger partial charge on any atom is -0.493 e. The maximum Gasteiger partial charge on any atom is 0.254 e. The summed E-state index contributed by atoms with van der Waals surface area (Å²) in [6, 6.07) is 8.89. The third-order valence-corrected chi connectivity index (χ3v) is 5.46. The van der Waals surface area contributed by atoms with Gasteiger partial charge in [0.2, 0.25) is 0 Å². The Balaban J connectivity index is 1.67. The Bertz CT molecular complexity index is 912. The van der Waals surface area contributed by atoms with Crippen LogP contribution in [-0.4, -0.2) is 61.5 Å². The molecule has 3 rings (SSSR count). The topological polar surface area (TPSA) is 59.1 Å². The third-order valence-electron chi connectivity index (χ3n) is 4.87. The second-order valence-corrected chi connectivity index (χ2v) is 7.78. The quantitative estimate of drug-likeness (QED) is 0.629. The Morgan fingerprint density at radius 3 is 2.10 bits per heavy atom. The van der Waals surface area contributed by atoms with Crippen LogP contribution in [-0.2, 0) is 0 Å². The number of methoxy groups -OCH3 is 1. The summed E-state index contributed by atoms with van der Waals surface area (Å²) in [5, 5.41) is 0. The smallest absolute Gasteiger partial charge is 0.254 e. The van der Waals surface area contributed by atoms with Crippen LogP contribution in [0.25, 0.3) is 0 Å². The molecule has 1 heterocycles. The number of carbonyl (C=O) groups excluding carboxylic acids is 2. The van der Waals surface area contributed by atoms with E-state index in [1.54, 1.807) is 21.9 Å². The Hall–Kier alpha value is -2.61. The summed E-state index contributed by atoms with van der Waals surface area (Å²) in [6.07, 6.45) is 0.858. The largest absolute Gasteiger partial charge is 0.493 e. The van der Waals surface area contributed by atoms with Gasteiger partial charge in [-0.1, -0.05) is 6.92 Å². The van der Waals surface area contributed by atoms with Crippen molar-refractivity contribution in [1.29, 1.82) is 0 Å². The van der Waals surface area contributed by atoms with Gasteiger partial charge in [-0.05, 0) is 58.7 Å². The van der Waals surface area contributed by atoms with Crippen LogP contribution < -0.4 is 9.47 Å². The summed E-state index contributed by atoms with van der Waals surface area (Å²) >= 11 is 3.47. The Kier molecular flexibility index (Phi) is 7.31. The number of hydrogen-bond donors (Lipinski definition) is 0. The van der Waals surface area contributed by atoms with Gasteiger partial charge in [-0.3, -0.25) is 9.59 Å². The van der Waals surface area contributed by atoms with Crippen LogP contribution in [0.2, 0.25) is 0 Å². The summed E-state index contributed by atoms with van der Waals surface area (Å²) in [5.74, 6) is 0.389. The average Bonchev–Trinajstić information content (AvgIpc) is 2.77. The minimum absolute atomic E-state index is 0.134. The lowest BCUT2D eigenvalue weighted by molar-refractivity contribution is 0.0535. The van der Waals surface area contributed by atoms with Gasteiger partial charge >= 0.3 is 0 Å². The summed E-state index contributed by atoms with van der Waals surface area (Å²) in [7, 11) is 1.54. The monoisotopic (exact) mass is 478 g/mol. The molecule has 0 radical (unpaired) electrons. The van der Waals surface area contributed by atoms with Crippen molar-refractivity contribution in [2.75, 3.05) is 39.9 Å². The maximum atomic E-state index is 13.1. The van der Waals surface area contributed by atoms with E-state index in [-0.39, 0.29) is 17.6 Å². The number of halogens is 2. The molecule has 0 atom stereocenters. The molecule has 2 aromatic rings. The first-order valence-electron chi connectivity index (χ1n) is 9.79. The molecular formula is C22H24BrFN2O4. The highest BCUT2D eigenvalue weighted by Crippen LogP contribution is 2.37. The van der Waals surface area contributed by atoms with Crippen molar-refractivity contribution in [2.45, 2.75) is 13.3 Å². The first-order chi connectivity index (χ1) is 14.4. The van der Waals surface area contributed by atoms with E-state index in [1.165, 1.54) is 31.4 Å². The lowest BCUT2D eigenvalue weighted by Crippen LogP contribution is -2.50.